The predicted molar refractivity (Wildman–Crippen MR) is 103 cm³/mol. The number of hydrogen-bond acceptors (Lipinski definition) is 6. The van der Waals surface area contributed by atoms with Crippen molar-refractivity contribution in [2.24, 2.45) is 0 Å². The lowest BCUT2D eigenvalue weighted by Gasteiger charge is -2.33. The number of hydrogen-bond donors (Lipinski definition) is 1. The van der Waals surface area contributed by atoms with Crippen molar-refractivity contribution in [3.63, 3.8) is 0 Å². The van der Waals surface area contributed by atoms with E-state index in [4.69, 9.17) is 4.74 Å². The number of alkyl halides is 2. The minimum Gasteiger partial charge on any atom is -0.442 e. The number of ether oxygens (including phenoxy) is 1. The molecule has 1 N–H and O–H groups in total. The summed E-state index contributed by atoms with van der Waals surface area (Å²) in [5.41, 5.74) is -0.249. The Morgan fingerprint density at radius 1 is 1.16 bits per heavy atom. The molecule has 0 unspecified atom stereocenters. The molecule has 1 atom stereocenters. The SMILES string of the molecule is O=C(NC[C@H]1CN(c2cc(F)c(N3CCC(n4nccn4)CC3)c(F)c2)C(=O)O1)C(F)F. The van der Waals surface area contributed by atoms with E-state index in [1.165, 1.54) is 0 Å². The first-order valence-corrected chi connectivity index (χ1v) is 9.97. The average molecular weight is 456 g/mol. The van der Waals surface area contributed by atoms with Gasteiger partial charge in [0.15, 0.2) is 11.6 Å². The van der Waals surface area contributed by atoms with Gasteiger partial charge in [-0.25, -0.2) is 13.6 Å². The van der Waals surface area contributed by atoms with Gasteiger partial charge in [-0.3, -0.25) is 9.69 Å². The van der Waals surface area contributed by atoms with Crippen molar-refractivity contribution in [3.05, 3.63) is 36.2 Å². The molecule has 0 aliphatic carbocycles. The van der Waals surface area contributed by atoms with Crippen LogP contribution >= 0.6 is 0 Å². The van der Waals surface area contributed by atoms with Crippen LogP contribution in [0.3, 0.4) is 0 Å². The summed E-state index contributed by atoms with van der Waals surface area (Å²) in [6, 6.07) is 2.11. The highest BCUT2D eigenvalue weighted by Gasteiger charge is 2.34. The van der Waals surface area contributed by atoms with E-state index >= 15 is 0 Å². The van der Waals surface area contributed by atoms with Crippen LogP contribution in [0.25, 0.3) is 0 Å². The van der Waals surface area contributed by atoms with E-state index in [0.717, 1.165) is 17.0 Å². The van der Waals surface area contributed by atoms with Crippen molar-refractivity contribution in [2.75, 3.05) is 36.0 Å². The number of carbonyl (C=O) groups is 2. The fourth-order valence-corrected chi connectivity index (χ4v) is 3.88. The van der Waals surface area contributed by atoms with E-state index in [9.17, 15) is 27.2 Å². The molecular weight excluding hydrogens is 436 g/mol. The molecule has 0 spiro atoms. The Labute approximate surface area is 179 Å². The Kier molecular flexibility index (Phi) is 6.15. The van der Waals surface area contributed by atoms with Gasteiger partial charge >= 0.3 is 12.5 Å². The lowest BCUT2D eigenvalue weighted by molar-refractivity contribution is -0.132. The predicted octanol–water partition coefficient (Wildman–Crippen LogP) is 2.10. The molecule has 4 rings (SSSR count). The maximum absolute atomic E-state index is 14.9. The number of carbonyl (C=O) groups excluding carboxylic acids is 2. The van der Waals surface area contributed by atoms with Crippen molar-refractivity contribution in [3.8, 4) is 0 Å². The quantitative estimate of drug-likeness (QED) is 0.670. The number of nitrogens with one attached hydrogen (secondary N) is 1. The standard InChI is InChI=1S/C19H20F4N6O3/c20-14-7-12(28-10-13(32-19(28)31)9-24-18(30)17(22)23)8-15(21)16(14)27-5-1-11(2-6-27)29-25-3-4-26-29/h3-4,7-8,11,13,17H,1-2,5-6,9-10H2,(H,24,30)/t13-/m0/s1. The van der Waals surface area contributed by atoms with Crippen LogP contribution in [0.1, 0.15) is 18.9 Å². The fourth-order valence-electron chi connectivity index (χ4n) is 3.88. The third kappa shape index (κ3) is 4.46. The second-order valence-corrected chi connectivity index (χ2v) is 7.49. The van der Waals surface area contributed by atoms with Gasteiger partial charge in [-0.15, -0.1) is 0 Å². The van der Waals surface area contributed by atoms with E-state index in [0.29, 0.717) is 25.9 Å². The van der Waals surface area contributed by atoms with E-state index in [2.05, 4.69) is 10.2 Å². The van der Waals surface area contributed by atoms with Crippen LogP contribution in [-0.2, 0) is 9.53 Å². The largest absolute Gasteiger partial charge is 0.442 e. The second-order valence-electron chi connectivity index (χ2n) is 7.49. The van der Waals surface area contributed by atoms with Crippen molar-refractivity contribution >= 4 is 23.4 Å². The summed E-state index contributed by atoms with van der Waals surface area (Å²) in [6.45, 7) is 0.311. The minimum absolute atomic E-state index is 0.0495. The zero-order valence-corrected chi connectivity index (χ0v) is 16.8. The first-order valence-electron chi connectivity index (χ1n) is 9.97. The highest BCUT2D eigenvalue weighted by Crippen LogP contribution is 2.33. The number of halogens is 4. The summed E-state index contributed by atoms with van der Waals surface area (Å²) in [7, 11) is 0. The molecule has 0 bridgehead atoms. The molecule has 1 aromatic heterocycles. The molecule has 2 amide bonds. The summed E-state index contributed by atoms with van der Waals surface area (Å²) >= 11 is 0. The van der Waals surface area contributed by atoms with E-state index in [1.807, 2.05) is 5.32 Å². The molecule has 2 aliphatic rings. The van der Waals surface area contributed by atoms with Gasteiger partial charge in [0.05, 0.1) is 37.2 Å². The van der Waals surface area contributed by atoms with Gasteiger partial charge in [0.2, 0.25) is 0 Å². The number of nitrogens with zero attached hydrogens (tertiary/aromatic N) is 5. The van der Waals surface area contributed by atoms with Crippen LogP contribution in [0, 0.1) is 11.6 Å². The van der Waals surface area contributed by atoms with Gasteiger partial charge in [0.1, 0.15) is 11.8 Å². The Balaban J connectivity index is 1.42. The third-order valence-corrected chi connectivity index (χ3v) is 5.43. The van der Waals surface area contributed by atoms with Gasteiger partial charge in [-0.1, -0.05) is 0 Å². The van der Waals surface area contributed by atoms with E-state index in [-0.39, 0.29) is 30.5 Å². The molecule has 2 aliphatic heterocycles. The number of piperidine rings is 1. The highest BCUT2D eigenvalue weighted by molar-refractivity contribution is 5.90. The Morgan fingerprint density at radius 2 is 1.78 bits per heavy atom. The van der Waals surface area contributed by atoms with Gasteiger partial charge in [-0.2, -0.15) is 23.8 Å². The molecule has 9 nitrogen and oxygen atoms in total. The highest BCUT2D eigenvalue weighted by atomic mass is 19.3. The first-order chi connectivity index (χ1) is 15.3. The Morgan fingerprint density at radius 3 is 2.38 bits per heavy atom. The van der Waals surface area contributed by atoms with Crippen LogP contribution in [0.4, 0.5) is 33.7 Å². The number of cyclic esters (lactones) is 1. The van der Waals surface area contributed by atoms with E-state index in [1.54, 1.807) is 22.1 Å². The van der Waals surface area contributed by atoms with E-state index < -0.39 is 36.2 Å². The molecule has 13 heteroatoms. The van der Waals surface area contributed by atoms with Crippen molar-refractivity contribution in [2.45, 2.75) is 31.4 Å². The molecule has 1 aromatic carbocycles. The molecule has 172 valence electrons. The van der Waals surface area contributed by atoms with Crippen molar-refractivity contribution in [1.82, 2.24) is 20.3 Å². The maximum Gasteiger partial charge on any atom is 0.414 e. The smallest absolute Gasteiger partial charge is 0.414 e. The van der Waals surface area contributed by atoms with Gasteiger partial charge in [0.25, 0.3) is 5.91 Å². The normalized spacial score (nSPS) is 19.5. The van der Waals surface area contributed by atoms with Crippen LogP contribution in [-0.4, -0.2) is 65.7 Å². The number of anilines is 2. The topological polar surface area (TPSA) is 92.6 Å². The van der Waals surface area contributed by atoms with Crippen LogP contribution < -0.4 is 15.1 Å². The number of amides is 2. The van der Waals surface area contributed by atoms with Crippen molar-refractivity contribution in [1.29, 1.82) is 0 Å². The summed E-state index contributed by atoms with van der Waals surface area (Å²) in [4.78, 5) is 27.2. The minimum atomic E-state index is -3.19. The fraction of sp³-hybridized carbons (Fsp3) is 0.474. The molecule has 32 heavy (non-hydrogen) atoms. The third-order valence-electron chi connectivity index (χ3n) is 5.43. The lowest BCUT2D eigenvalue weighted by Crippen LogP contribution is -2.37. The number of aromatic nitrogens is 3. The van der Waals surface area contributed by atoms with Gasteiger partial charge in [-0.05, 0) is 12.8 Å². The average Bonchev–Trinajstić information content (AvgIpc) is 3.42. The van der Waals surface area contributed by atoms with Gasteiger partial charge < -0.3 is 15.0 Å². The molecular formula is C19H20F4N6O3. The summed E-state index contributed by atoms with van der Waals surface area (Å²) < 4.78 is 59.2. The van der Waals surface area contributed by atoms with Crippen LogP contribution in [0.5, 0.6) is 0 Å². The van der Waals surface area contributed by atoms with Gasteiger partial charge in [0, 0.05) is 25.2 Å². The van der Waals surface area contributed by atoms with Crippen molar-refractivity contribution < 1.29 is 31.9 Å². The molecule has 2 aromatic rings. The summed E-state index contributed by atoms with van der Waals surface area (Å²) in [5.74, 6) is -3.16. The number of benzene rings is 1. The molecule has 0 radical (unpaired) electrons. The molecule has 0 saturated carbocycles. The zero-order valence-electron chi connectivity index (χ0n) is 16.8. The molecule has 2 fully saturated rings. The number of rotatable bonds is 6. The maximum atomic E-state index is 14.9. The molecule has 3 heterocycles. The zero-order chi connectivity index (χ0) is 22.8. The monoisotopic (exact) mass is 456 g/mol. The Bertz CT molecular complexity index is 958. The lowest BCUT2D eigenvalue weighted by atomic mass is 10.0. The second kappa shape index (κ2) is 9.01. The summed E-state index contributed by atoms with van der Waals surface area (Å²) in [5, 5.41) is 10.2. The van der Waals surface area contributed by atoms with Crippen LogP contribution in [0.15, 0.2) is 24.5 Å². The Hall–Kier alpha value is -3.38. The van der Waals surface area contributed by atoms with Crippen LogP contribution in [0.2, 0.25) is 0 Å². The first kappa shape index (κ1) is 21.8. The summed E-state index contributed by atoms with van der Waals surface area (Å²) in [6.07, 6.45) is -0.637. The molecule has 2 saturated heterocycles.